The molecule has 116 valence electrons. The van der Waals surface area contributed by atoms with Crippen LogP contribution in [0.1, 0.15) is 36.5 Å². The van der Waals surface area contributed by atoms with E-state index in [-0.39, 0.29) is 17.6 Å². The number of hydrogen-bond acceptors (Lipinski definition) is 3. The van der Waals surface area contributed by atoms with Crippen molar-refractivity contribution in [1.29, 1.82) is 0 Å². The van der Waals surface area contributed by atoms with Crippen molar-refractivity contribution >= 4 is 27.6 Å². The monoisotopic (exact) mass is 335 g/mol. The van der Waals surface area contributed by atoms with Gasteiger partial charge >= 0.3 is 5.97 Å². The first kappa shape index (κ1) is 16.2. The highest BCUT2D eigenvalue weighted by atomic mass is 35.5. The Balaban J connectivity index is 2.57. The number of halogens is 2. The molecule has 1 heterocycles. The van der Waals surface area contributed by atoms with Gasteiger partial charge in [0.2, 0.25) is 10.0 Å². The summed E-state index contributed by atoms with van der Waals surface area (Å²) in [6.45, 7) is 2.04. The van der Waals surface area contributed by atoms with Gasteiger partial charge in [-0.3, -0.25) is 0 Å². The highest BCUT2D eigenvalue weighted by molar-refractivity contribution is 7.89. The number of carbonyl (C=O) groups is 1. The molecule has 1 N–H and O–H groups in total. The average Bonchev–Trinajstić information content (AvgIpc) is 2.40. The third-order valence-corrected chi connectivity index (χ3v) is 5.79. The molecule has 0 bridgehead atoms. The maximum Gasteiger partial charge on any atom is 0.338 e. The molecule has 1 aliphatic rings. The summed E-state index contributed by atoms with van der Waals surface area (Å²) in [5.41, 5.74) is -0.745. The number of rotatable bonds is 3. The van der Waals surface area contributed by atoms with Gasteiger partial charge < -0.3 is 5.11 Å². The van der Waals surface area contributed by atoms with E-state index in [0.29, 0.717) is 12.8 Å². The number of aromatic carboxylic acids is 1. The van der Waals surface area contributed by atoms with E-state index < -0.39 is 32.3 Å². The summed E-state index contributed by atoms with van der Waals surface area (Å²) < 4.78 is 40.6. The summed E-state index contributed by atoms with van der Waals surface area (Å²) in [6.07, 6.45) is 2.29. The summed E-state index contributed by atoms with van der Waals surface area (Å²) in [7, 11) is -4.11. The fraction of sp³-hybridized carbons (Fsp3) is 0.462. The smallest absolute Gasteiger partial charge is 0.338 e. The van der Waals surface area contributed by atoms with E-state index >= 15 is 0 Å². The molecule has 0 amide bonds. The van der Waals surface area contributed by atoms with E-state index in [1.165, 1.54) is 4.31 Å². The fourth-order valence-corrected chi connectivity index (χ4v) is 4.56. The van der Waals surface area contributed by atoms with E-state index in [1.54, 1.807) is 6.92 Å². The molecule has 5 nitrogen and oxygen atoms in total. The number of benzene rings is 1. The molecule has 1 fully saturated rings. The SMILES string of the molecule is CC1CCCCN1S(=O)(=O)c1cc(Cl)cc(C(=O)O)c1F. The first-order valence-corrected chi connectivity index (χ1v) is 8.31. The molecule has 1 aromatic rings. The zero-order valence-corrected chi connectivity index (χ0v) is 12.9. The minimum Gasteiger partial charge on any atom is -0.478 e. The number of carboxylic acids is 1. The molecule has 21 heavy (non-hydrogen) atoms. The van der Waals surface area contributed by atoms with Crippen LogP contribution in [0.15, 0.2) is 17.0 Å². The Morgan fingerprint density at radius 2 is 2.10 bits per heavy atom. The summed E-state index contributed by atoms with van der Waals surface area (Å²) in [6, 6.07) is 1.60. The molecule has 1 aliphatic heterocycles. The van der Waals surface area contributed by atoms with Gasteiger partial charge in [0.25, 0.3) is 0 Å². The Kier molecular flexibility index (Phi) is 4.55. The van der Waals surface area contributed by atoms with Gasteiger partial charge in [0.1, 0.15) is 4.90 Å². The number of sulfonamides is 1. The van der Waals surface area contributed by atoms with Gasteiger partial charge in [0.05, 0.1) is 5.56 Å². The highest BCUT2D eigenvalue weighted by Crippen LogP contribution is 2.30. The van der Waals surface area contributed by atoms with E-state index in [9.17, 15) is 17.6 Å². The van der Waals surface area contributed by atoms with Crippen molar-refractivity contribution in [3.8, 4) is 0 Å². The lowest BCUT2D eigenvalue weighted by Crippen LogP contribution is -2.42. The maximum atomic E-state index is 14.2. The predicted octanol–water partition coefficient (Wildman–Crippen LogP) is 2.74. The molecule has 0 aromatic heterocycles. The molecule has 0 saturated carbocycles. The summed E-state index contributed by atoms with van der Waals surface area (Å²) >= 11 is 5.73. The molecule has 2 rings (SSSR count). The van der Waals surface area contributed by atoms with Gasteiger partial charge in [0.15, 0.2) is 5.82 Å². The van der Waals surface area contributed by atoms with E-state index in [1.807, 2.05) is 0 Å². The van der Waals surface area contributed by atoms with Crippen LogP contribution in [-0.2, 0) is 10.0 Å². The third kappa shape index (κ3) is 3.04. The van der Waals surface area contributed by atoms with Crippen molar-refractivity contribution < 1.29 is 22.7 Å². The highest BCUT2D eigenvalue weighted by Gasteiger charge is 2.34. The average molecular weight is 336 g/mol. The van der Waals surface area contributed by atoms with Crippen molar-refractivity contribution in [3.63, 3.8) is 0 Å². The molecule has 1 saturated heterocycles. The van der Waals surface area contributed by atoms with E-state index in [4.69, 9.17) is 16.7 Å². The fourth-order valence-electron chi connectivity index (χ4n) is 2.46. The van der Waals surface area contributed by atoms with Crippen molar-refractivity contribution in [2.75, 3.05) is 6.54 Å². The van der Waals surface area contributed by atoms with Crippen molar-refractivity contribution in [1.82, 2.24) is 4.31 Å². The van der Waals surface area contributed by atoms with Gasteiger partial charge in [-0.25, -0.2) is 17.6 Å². The van der Waals surface area contributed by atoms with Crippen LogP contribution in [0.5, 0.6) is 0 Å². The van der Waals surface area contributed by atoms with Crippen LogP contribution in [0, 0.1) is 5.82 Å². The second kappa shape index (κ2) is 5.90. The number of piperidine rings is 1. The second-order valence-electron chi connectivity index (χ2n) is 5.03. The second-order valence-corrected chi connectivity index (χ2v) is 7.33. The van der Waals surface area contributed by atoms with Crippen molar-refractivity contribution in [3.05, 3.63) is 28.5 Å². The van der Waals surface area contributed by atoms with Crippen LogP contribution in [0.3, 0.4) is 0 Å². The summed E-state index contributed by atoms with van der Waals surface area (Å²) in [5, 5.41) is 8.81. The molecule has 1 aromatic carbocycles. The van der Waals surface area contributed by atoms with Gasteiger partial charge in [-0.15, -0.1) is 0 Å². The quantitative estimate of drug-likeness (QED) is 0.921. The minimum atomic E-state index is -4.11. The molecular weight excluding hydrogens is 321 g/mol. The molecule has 0 radical (unpaired) electrons. The van der Waals surface area contributed by atoms with Gasteiger partial charge in [-0.05, 0) is 31.9 Å². The number of hydrogen-bond donors (Lipinski definition) is 1. The van der Waals surface area contributed by atoms with Crippen LogP contribution >= 0.6 is 11.6 Å². The third-order valence-electron chi connectivity index (χ3n) is 3.56. The zero-order valence-electron chi connectivity index (χ0n) is 11.3. The van der Waals surface area contributed by atoms with Crippen LogP contribution in [-0.4, -0.2) is 36.4 Å². The lowest BCUT2D eigenvalue weighted by atomic mass is 10.1. The van der Waals surface area contributed by atoms with Crippen molar-refractivity contribution in [2.45, 2.75) is 37.1 Å². The molecule has 0 spiro atoms. The maximum absolute atomic E-state index is 14.2. The first-order valence-electron chi connectivity index (χ1n) is 6.49. The zero-order chi connectivity index (χ0) is 15.8. The molecule has 8 heteroatoms. The lowest BCUT2D eigenvalue weighted by Gasteiger charge is -2.32. The van der Waals surface area contributed by atoms with Gasteiger partial charge in [-0.1, -0.05) is 18.0 Å². The Morgan fingerprint density at radius 3 is 2.67 bits per heavy atom. The normalized spacial score (nSPS) is 20.4. The summed E-state index contributed by atoms with van der Waals surface area (Å²) in [5.74, 6) is -2.83. The molecule has 1 unspecified atom stereocenters. The largest absolute Gasteiger partial charge is 0.478 e. The van der Waals surface area contributed by atoms with Gasteiger partial charge in [-0.2, -0.15) is 4.31 Å². The van der Waals surface area contributed by atoms with Crippen LogP contribution in [0.4, 0.5) is 4.39 Å². The minimum absolute atomic E-state index is 0.128. The van der Waals surface area contributed by atoms with E-state index in [2.05, 4.69) is 0 Å². The predicted molar refractivity (Wildman–Crippen MR) is 75.6 cm³/mol. The lowest BCUT2D eigenvalue weighted by molar-refractivity contribution is 0.0691. The van der Waals surface area contributed by atoms with Crippen LogP contribution < -0.4 is 0 Å². The molecule has 0 aliphatic carbocycles. The summed E-state index contributed by atoms with van der Waals surface area (Å²) in [4.78, 5) is 10.3. The number of nitrogens with zero attached hydrogens (tertiary/aromatic N) is 1. The number of carboxylic acid groups (broad SMARTS) is 1. The van der Waals surface area contributed by atoms with Crippen molar-refractivity contribution in [2.24, 2.45) is 0 Å². The Bertz CT molecular complexity index is 677. The van der Waals surface area contributed by atoms with Gasteiger partial charge in [0, 0.05) is 17.6 Å². The standard InChI is InChI=1S/C13H15ClFNO4S/c1-8-4-2-3-5-16(8)21(19,20)11-7-9(14)6-10(12(11)15)13(17)18/h6-8H,2-5H2,1H3,(H,17,18). The Morgan fingerprint density at radius 1 is 1.43 bits per heavy atom. The Labute approximate surface area is 127 Å². The molecule has 1 atom stereocenters. The van der Waals surface area contributed by atoms with E-state index in [0.717, 1.165) is 18.6 Å². The first-order chi connectivity index (χ1) is 9.75. The topological polar surface area (TPSA) is 74.7 Å². The molecular formula is C13H15ClFNO4S. The Hall–Kier alpha value is -1.18. The van der Waals surface area contributed by atoms with Crippen LogP contribution in [0.25, 0.3) is 0 Å². The van der Waals surface area contributed by atoms with Crippen LogP contribution in [0.2, 0.25) is 5.02 Å².